The smallest absolute Gasteiger partial charge is 0.142 e. The van der Waals surface area contributed by atoms with Gasteiger partial charge in [0.25, 0.3) is 0 Å². The molecular weight excluding hydrogens is 265 g/mol. The van der Waals surface area contributed by atoms with Gasteiger partial charge < -0.3 is 10.6 Å². The molecule has 1 rings (SSSR count). The Morgan fingerprint density at radius 3 is 2.47 bits per heavy atom. The molecule has 0 spiro atoms. The van der Waals surface area contributed by atoms with E-state index < -0.39 is 0 Å². The van der Waals surface area contributed by atoms with Crippen LogP contribution in [0.25, 0.3) is 0 Å². The minimum atomic E-state index is -0.390. The molecule has 0 aliphatic heterocycles. The summed E-state index contributed by atoms with van der Waals surface area (Å²) in [5, 5.41) is 0.148. The predicted octanol–water partition coefficient (Wildman–Crippen LogP) is 2.36. The third-order valence-electron chi connectivity index (χ3n) is 3.20. The van der Waals surface area contributed by atoms with Crippen molar-refractivity contribution in [3.8, 4) is 0 Å². The van der Waals surface area contributed by atoms with Crippen LogP contribution in [-0.4, -0.2) is 50.6 Å². The predicted molar refractivity (Wildman–Crippen MR) is 79.0 cm³/mol. The maximum Gasteiger partial charge on any atom is 0.142 e. The van der Waals surface area contributed by atoms with E-state index in [0.717, 1.165) is 25.1 Å². The van der Waals surface area contributed by atoms with Gasteiger partial charge in [-0.05, 0) is 58.3 Å². The molecule has 0 saturated heterocycles. The minimum Gasteiger partial charge on any atom is -0.329 e. The van der Waals surface area contributed by atoms with E-state index in [-0.39, 0.29) is 16.9 Å². The highest BCUT2D eigenvalue weighted by atomic mass is 35.5. The first-order chi connectivity index (χ1) is 8.95. The number of hydrogen-bond acceptors (Lipinski definition) is 3. The Morgan fingerprint density at radius 1 is 1.26 bits per heavy atom. The van der Waals surface area contributed by atoms with Gasteiger partial charge in [0.2, 0.25) is 0 Å². The summed E-state index contributed by atoms with van der Waals surface area (Å²) in [6.45, 7) is 2.40. The molecule has 3 nitrogen and oxygen atoms in total. The Hall–Kier alpha value is -0.680. The van der Waals surface area contributed by atoms with Crippen LogP contribution in [-0.2, 0) is 0 Å². The van der Waals surface area contributed by atoms with Gasteiger partial charge in [0, 0.05) is 12.6 Å². The lowest BCUT2D eigenvalue weighted by Crippen LogP contribution is -2.32. The van der Waals surface area contributed by atoms with Gasteiger partial charge in [-0.2, -0.15) is 0 Å². The highest BCUT2D eigenvalue weighted by molar-refractivity contribution is 6.30. The highest BCUT2D eigenvalue weighted by Gasteiger charge is 2.16. The number of nitrogens with zero attached hydrogens (tertiary/aromatic N) is 2. The molecule has 1 aromatic rings. The first-order valence-electron chi connectivity index (χ1n) is 6.45. The standard InChI is InChI=1S/C14H23ClFN3/c1-18(2)7-4-8-19(3)14(10-17)11-5-6-12(15)13(16)9-11/h5-6,9,14H,4,7-8,10,17H2,1-3H3. The van der Waals surface area contributed by atoms with Gasteiger partial charge >= 0.3 is 0 Å². The van der Waals surface area contributed by atoms with Gasteiger partial charge in [0.05, 0.1) is 5.02 Å². The number of hydrogen-bond donors (Lipinski definition) is 1. The molecule has 0 fully saturated rings. The van der Waals surface area contributed by atoms with Crippen molar-refractivity contribution >= 4 is 11.6 Å². The van der Waals surface area contributed by atoms with Crippen LogP contribution in [0, 0.1) is 5.82 Å². The van der Waals surface area contributed by atoms with Crippen molar-refractivity contribution < 1.29 is 4.39 Å². The van der Waals surface area contributed by atoms with E-state index in [0.29, 0.717) is 6.54 Å². The monoisotopic (exact) mass is 287 g/mol. The lowest BCUT2D eigenvalue weighted by molar-refractivity contribution is 0.235. The zero-order chi connectivity index (χ0) is 14.4. The molecular formula is C14H23ClFN3. The van der Waals surface area contributed by atoms with Crippen LogP contribution in [0.2, 0.25) is 5.02 Å². The molecule has 0 radical (unpaired) electrons. The fraction of sp³-hybridized carbons (Fsp3) is 0.571. The summed E-state index contributed by atoms with van der Waals surface area (Å²) in [5.74, 6) is -0.390. The van der Waals surface area contributed by atoms with Crippen molar-refractivity contribution in [2.45, 2.75) is 12.5 Å². The summed E-state index contributed by atoms with van der Waals surface area (Å²) in [7, 11) is 6.11. The van der Waals surface area contributed by atoms with Crippen molar-refractivity contribution in [2.75, 3.05) is 40.8 Å². The van der Waals surface area contributed by atoms with Crippen LogP contribution >= 0.6 is 11.6 Å². The summed E-state index contributed by atoms with van der Waals surface area (Å²) in [4.78, 5) is 4.30. The molecule has 0 aliphatic rings. The third kappa shape index (κ3) is 5.07. The molecule has 19 heavy (non-hydrogen) atoms. The Morgan fingerprint density at radius 2 is 1.95 bits per heavy atom. The van der Waals surface area contributed by atoms with Gasteiger partial charge in [0.1, 0.15) is 5.82 Å². The highest BCUT2D eigenvalue weighted by Crippen LogP contribution is 2.23. The molecule has 1 aromatic carbocycles. The molecule has 2 N–H and O–H groups in total. The number of nitrogens with two attached hydrogens (primary N) is 1. The van der Waals surface area contributed by atoms with Gasteiger partial charge in [-0.25, -0.2) is 4.39 Å². The maximum atomic E-state index is 13.5. The van der Waals surface area contributed by atoms with Gasteiger partial charge in [-0.3, -0.25) is 4.90 Å². The molecule has 0 saturated carbocycles. The lowest BCUT2D eigenvalue weighted by Gasteiger charge is -2.28. The molecule has 1 unspecified atom stereocenters. The average Bonchev–Trinajstić information content (AvgIpc) is 2.34. The zero-order valence-corrected chi connectivity index (χ0v) is 12.6. The molecule has 0 bridgehead atoms. The largest absolute Gasteiger partial charge is 0.329 e. The van der Waals surface area contributed by atoms with Gasteiger partial charge in [-0.1, -0.05) is 17.7 Å². The molecule has 0 aromatic heterocycles. The maximum absolute atomic E-state index is 13.5. The van der Waals surface area contributed by atoms with Crippen LogP contribution < -0.4 is 5.73 Å². The van der Waals surface area contributed by atoms with E-state index in [1.165, 1.54) is 6.07 Å². The zero-order valence-electron chi connectivity index (χ0n) is 11.9. The van der Waals surface area contributed by atoms with Crippen molar-refractivity contribution in [2.24, 2.45) is 5.73 Å². The normalized spacial score (nSPS) is 13.3. The Labute approximate surface area is 120 Å². The lowest BCUT2D eigenvalue weighted by atomic mass is 10.1. The Bertz CT molecular complexity index is 398. The van der Waals surface area contributed by atoms with Gasteiger partial charge in [0.15, 0.2) is 0 Å². The van der Waals surface area contributed by atoms with Crippen LogP contribution in [0.15, 0.2) is 18.2 Å². The SMILES string of the molecule is CN(C)CCCN(C)C(CN)c1ccc(Cl)c(F)c1. The van der Waals surface area contributed by atoms with E-state index in [9.17, 15) is 4.39 Å². The summed E-state index contributed by atoms with van der Waals surface area (Å²) in [6.07, 6.45) is 1.05. The second kappa shape index (κ2) is 7.80. The first-order valence-corrected chi connectivity index (χ1v) is 6.83. The van der Waals surface area contributed by atoms with Crippen LogP contribution in [0.1, 0.15) is 18.0 Å². The number of likely N-dealkylation sites (N-methyl/N-ethyl adjacent to an activating group) is 1. The van der Waals surface area contributed by atoms with E-state index in [1.807, 2.05) is 13.1 Å². The van der Waals surface area contributed by atoms with Crippen molar-refractivity contribution in [1.29, 1.82) is 0 Å². The Balaban J connectivity index is 2.67. The average molecular weight is 288 g/mol. The summed E-state index contributed by atoms with van der Waals surface area (Å²) < 4.78 is 13.5. The molecule has 0 aliphatic carbocycles. The Kier molecular flexibility index (Phi) is 6.72. The van der Waals surface area contributed by atoms with Crippen molar-refractivity contribution in [3.05, 3.63) is 34.6 Å². The summed E-state index contributed by atoms with van der Waals surface area (Å²) >= 11 is 5.70. The van der Waals surface area contributed by atoms with E-state index in [4.69, 9.17) is 17.3 Å². The topological polar surface area (TPSA) is 32.5 Å². The van der Waals surface area contributed by atoms with Crippen molar-refractivity contribution in [3.63, 3.8) is 0 Å². The van der Waals surface area contributed by atoms with E-state index >= 15 is 0 Å². The summed E-state index contributed by atoms with van der Waals surface area (Å²) in [5.41, 5.74) is 6.69. The van der Waals surface area contributed by atoms with E-state index in [1.54, 1.807) is 6.07 Å². The molecule has 5 heteroatoms. The molecule has 0 heterocycles. The molecule has 108 valence electrons. The fourth-order valence-corrected chi connectivity index (χ4v) is 2.20. The number of benzene rings is 1. The van der Waals surface area contributed by atoms with Crippen LogP contribution in [0.3, 0.4) is 0 Å². The third-order valence-corrected chi connectivity index (χ3v) is 3.51. The summed E-state index contributed by atoms with van der Waals surface area (Å²) in [6, 6.07) is 4.92. The first kappa shape index (κ1) is 16.4. The van der Waals surface area contributed by atoms with Crippen LogP contribution in [0.4, 0.5) is 4.39 Å². The number of halogens is 2. The van der Waals surface area contributed by atoms with E-state index in [2.05, 4.69) is 23.9 Å². The quantitative estimate of drug-likeness (QED) is 0.836. The fourth-order valence-electron chi connectivity index (χ4n) is 2.08. The number of rotatable bonds is 7. The second-order valence-electron chi connectivity index (χ2n) is 5.06. The second-order valence-corrected chi connectivity index (χ2v) is 5.47. The van der Waals surface area contributed by atoms with Crippen molar-refractivity contribution in [1.82, 2.24) is 9.80 Å². The molecule has 1 atom stereocenters. The minimum absolute atomic E-state index is 0.0222. The molecule has 0 amide bonds. The van der Waals surface area contributed by atoms with Crippen LogP contribution in [0.5, 0.6) is 0 Å². The van der Waals surface area contributed by atoms with Gasteiger partial charge in [-0.15, -0.1) is 0 Å².